The summed E-state index contributed by atoms with van der Waals surface area (Å²) >= 11 is 0. The number of hydrogen-bond donors (Lipinski definition) is 1. The molecule has 1 rings (SSSR count). The Morgan fingerprint density at radius 3 is 2.67 bits per heavy atom. The third kappa shape index (κ3) is 4.55. The summed E-state index contributed by atoms with van der Waals surface area (Å²) in [4.78, 5) is 0.282. The lowest BCUT2D eigenvalue weighted by Gasteiger charge is -2.21. The first-order chi connectivity index (χ1) is 9.97. The van der Waals surface area contributed by atoms with E-state index in [2.05, 4.69) is 11.8 Å². The van der Waals surface area contributed by atoms with Crippen molar-refractivity contribution in [1.29, 1.82) is 0 Å². The van der Waals surface area contributed by atoms with Gasteiger partial charge in [-0.15, -0.1) is 0 Å². The van der Waals surface area contributed by atoms with Crippen molar-refractivity contribution < 1.29 is 13.2 Å². The van der Waals surface area contributed by atoms with E-state index in [1.165, 1.54) is 4.31 Å². The molecule has 2 N–H and O–H groups in total. The van der Waals surface area contributed by atoms with Gasteiger partial charge in [-0.3, -0.25) is 0 Å². The van der Waals surface area contributed by atoms with Crippen molar-refractivity contribution in [3.05, 3.63) is 29.3 Å². The molecule has 6 heteroatoms. The van der Waals surface area contributed by atoms with Crippen LogP contribution in [-0.4, -0.2) is 46.1 Å². The maximum Gasteiger partial charge on any atom is 0.243 e. The molecule has 0 spiro atoms. The monoisotopic (exact) mass is 310 g/mol. The van der Waals surface area contributed by atoms with Crippen LogP contribution < -0.4 is 5.73 Å². The normalized spacial score (nSPS) is 11.3. The van der Waals surface area contributed by atoms with Gasteiger partial charge in [0.2, 0.25) is 10.0 Å². The maximum atomic E-state index is 12.7. The molecule has 0 aliphatic carbocycles. The Bertz CT molecular complexity index is 630. The molecule has 1 aromatic carbocycles. The molecular weight excluding hydrogens is 288 g/mol. The lowest BCUT2D eigenvalue weighted by Crippen LogP contribution is -2.34. The molecule has 0 saturated carbocycles. The van der Waals surface area contributed by atoms with Gasteiger partial charge in [-0.2, -0.15) is 4.31 Å². The number of nitrogens with zero attached hydrogens (tertiary/aromatic N) is 1. The highest BCUT2D eigenvalue weighted by Gasteiger charge is 2.24. The third-order valence-corrected chi connectivity index (χ3v) is 5.15. The van der Waals surface area contributed by atoms with Gasteiger partial charge in [0, 0.05) is 25.8 Å². The molecule has 0 aromatic heterocycles. The molecule has 0 radical (unpaired) electrons. The quantitative estimate of drug-likeness (QED) is 0.795. The van der Waals surface area contributed by atoms with Crippen molar-refractivity contribution >= 4 is 10.0 Å². The minimum atomic E-state index is -3.55. The average Bonchev–Trinajstić information content (AvgIpc) is 2.46. The SMILES string of the molecule is CCN(CCOC)S(=O)(=O)c1cc(C#CCN)ccc1C. The van der Waals surface area contributed by atoms with Crippen molar-refractivity contribution in [2.45, 2.75) is 18.7 Å². The van der Waals surface area contributed by atoms with Gasteiger partial charge in [0.05, 0.1) is 18.0 Å². The lowest BCUT2D eigenvalue weighted by molar-refractivity contribution is 0.180. The zero-order valence-electron chi connectivity index (χ0n) is 12.7. The second-order valence-electron chi connectivity index (χ2n) is 4.48. The first kappa shape index (κ1) is 17.7. The summed E-state index contributed by atoms with van der Waals surface area (Å²) in [7, 11) is -2.00. The van der Waals surface area contributed by atoms with Gasteiger partial charge >= 0.3 is 0 Å². The van der Waals surface area contributed by atoms with E-state index in [-0.39, 0.29) is 11.4 Å². The molecule has 0 fully saturated rings. The Balaban J connectivity index is 3.22. The molecule has 21 heavy (non-hydrogen) atoms. The zero-order chi connectivity index (χ0) is 15.9. The first-order valence-electron chi connectivity index (χ1n) is 6.76. The van der Waals surface area contributed by atoms with Crippen molar-refractivity contribution in [2.75, 3.05) is 33.4 Å². The van der Waals surface area contributed by atoms with Crippen LogP contribution in [0.25, 0.3) is 0 Å². The Hall–Kier alpha value is -1.39. The molecule has 0 unspecified atom stereocenters. The molecule has 0 amide bonds. The first-order valence-corrected chi connectivity index (χ1v) is 8.20. The predicted octanol–water partition coefficient (Wildman–Crippen LogP) is 0.962. The maximum absolute atomic E-state index is 12.7. The molecule has 0 heterocycles. The Kier molecular flexibility index (Phi) is 6.85. The second-order valence-corrected chi connectivity index (χ2v) is 6.38. The molecule has 0 aliphatic heterocycles. The summed E-state index contributed by atoms with van der Waals surface area (Å²) in [6, 6.07) is 5.16. The molecule has 0 bridgehead atoms. The van der Waals surface area contributed by atoms with Gasteiger partial charge in [-0.1, -0.05) is 24.8 Å². The molecule has 0 saturated heterocycles. The molecular formula is C15H22N2O3S. The molecule has 0 atom stereocenters. The van der Waals surface area contributed by atoms with Crippen molar-refractivity contribution in [3.63, 3.8) is 0 Å². The van der Waals surface area contributed by atoms with Crippen LogP contribution in [0.1, 0.15) is 18.1 Å². The number of nitrogens with two attached hydrogens (primary N) is 1. The number of aryl methyl sites for hydroxylation is 1. The fraction of sp³-hybridized carbons (Fsp3) is 0.467. The number of ether oxygens (including phenoxy) is 1. The third-order valence-electron chi connectivity index (χ3n) is 3.04. The van der Waals surface area contributed by atoms with Crippen molar-refractivity contribution in [3.8, 4) is 11.8 Å². The van der Waals surface area contributed by atoms with Crippen LogP contribution in [0.3, 0.4) is 0 Å². The van der Waals surface area contributed by atoms with Gasteiger partial charge in [0.15, 0.2) is 0 Å². The molecule has 1 aromatic rings. The molecule has 116 valence electrons. The minimum Gasteiger partial charge on any atom is -0.383 e. The fourth-order valence-corrected chi connectivity index (χ4v) is 3.57. The number of sulfonamides is 1. The van der Waals surface area contributed by atoms with E-state index in [0.29, 0.717) is 30.8 Å². The smallest absolute Gasteiger partial charge is 0.243 e. The topological polar surface area (TPSA) is 72.6 Å². The number of likely N-dealkylation sites (N-methyl/N-ethyl adjacent to an activating group) is 1. The molecule has 5 nitrogen and oxygen atoms in total. The van der Waals surface area contributed by atoms with Crippen LogP contribution in [-0.2, 0) is 14.8 Å². The van der Waals surface area contributed by atoms with Crippen LogP contribution in [0.2, 0.25) is 0 Å². The summed E-state index contributed by atoms with van der Waals surface area (Å²) in [6.45, 7) is 4.90. The Morgan fingerprint density at radius 2 is 2.10 bits per heavy atom. The lowest BCUT2D eigenvalue weighted by atomic mass is 10.1. The van der Waals surface area contributed by atoms with E-state index in [1.807, 2.05) is 0 Å². The van der Waals surface area contributed by atoms with E-state index >= 15 is 0 Å². The van der Waals surface area contributed by atoms with Crippen molar-refractivity contribution in [2.24, 2.45) is 5.73 Å². The summed E-state index contributed by atoms with van der Waals surface area (Å²) in [5.74, 6) is 5.59. The van der Waals surface area contributed by atoms with E-state index in [4.69, 9.17) is 10.5 Å². The standard InChI is InChI=1S/C15H22N2O3S/c1-4-17(10-11-20-3)21(18,19)15-12-14(6-5-9-16)8-7-13(15)2/h7-8,12H,4,9-11,16H2,1-3H3. The number of methoxy groups -OCH3 is 1. The summed E-state index contributed by atoms with van der Waals surface area (Å²) < 4.78 is 31.8. The van der Waals surface area contributed by atoms with Crippen LogP contribution >= 0.6 is 0 Å². The average molecular weight is 310 g/mol. The van der Waals surface area contributed by atoms with Crippen LogP contribution in [0.5, 0.6) is 0 Å². The highest BCUT2D eigenvalue weighted by Crippen LogP contribution is 2.21. The Labute approximate surface area is 127 Å². The minimum absolute atomic E-state index is 0.241. The molecule has 0 aliphatic rings. The van der Waals surface area contributed by atoms with Gasteiger partial charge < -0.3 is 10.5 Å². The fourth-order valence-electron chi connectivity index (χ4n) is 1.89. The highest BCUT2D eigenvalue weighted by atomic mass is 32.2. The highest BCUT2D eigenvalue weighted by molar-refractivity contribution is 7.89. The van der Waals surface area contributed by atoms with Gasteiger partial charge in [-0.05, 0) is 24.6 Å². The van der Waals surface area contributed by atoms with Crippen LogP contribution in [0.4, 0.5) is 0 Å². The second kappa shape index (κ2) is 8.15. The van der Waals surface area contributed by atoms with E-state index in [9.17, 15) is 8.42 Å². The number of rotatable bonds is 6. The number of hydrogen-bond acceptors (Lipinski definition) is 4. The van der Waals surface area contributed by atoms with Crippen LogP contribution in [0, 0.1) is 18.8 Å². The van der Waals surface area contributed by atoms with Crippen LogP contribution in [0.15, 0.2) is 23.1 Å². The zero-order valence-corrected chi connectivity index (χ0v) is 13.5. The van der Waals surface area contributed by atoms with Gasteiger partial charge in [-0.25, -0.2) is 8.42 Å². The Morgan fingerprint density at radius 1 is 1.38 bits per heavy atom. The largest absolute Gasteiger partial charge is 0.383 e. The summed E-state index contributed by atoms with van der Waals surface area (Å²) in [5, 5.41) is 0. The van der Waals surface area contributed by atoms with Gasteiger partial charge in [0.1, 0.15) is 0 Å². The van der Waals surface area contributed by atoms with E-state index < -0.39 is 10.0 Å². The van der Waals surface area contributed by atoms with E-state index in [1.54, 1.807) is 39.2 Å². The van der Waals surface area contributed by atoms with Crippen molar-refractivity contribution in [1.82, 2.24) is 4.31 Å². The number of benzene rings is 1. The summed E-state index contributed by atoms with van der Waals surface area (Å²) in [6.07, 6.45) is 0. The predicted molar refractivity (Wildman–Crippen MR) is 83.4 cm³/mol. The summed E-state index contributed by atoms with van der Waals surface area (Å²) in [5.41, 5.74) is 6.68. The van der Waals surface area contributed by atoms with E-state index in [0.717, 1.165) is 0 Å². The van der Waals surface area contributed by atoms with Gasteiger partial charge in [0.25, 0.3) is 0 Å².